The van der Waals surface area contributed by atoms with Crippen LogP contribution in [0.25, 0.3) is 0 Å². The number of hydrogen-bond acceptors (Lipinski definition) is 2. The summed E-state index contributed by atoms with van der Waals surface area (Å²) in [6.07, 6.45) is 5.29. The van der Waals surface area contributed by atoms with Crippen LogP contribution in [0.1, 0.15) is 30.4 Å². The fourth-order valence-corrected chi connectivity index (χ4v) is 3.22. The molecule has 1 aromatic carbocycles. The van der Waals surface area contributed by atoms with Crippen LogP contribution in [-0.4, -0.2) is 25.0 Å². The lowest BCUT2D eigenvalue weighted by Gasteiger charge is -2.28. The first kappa shape index (κ1) is 12.7. The molecule has 1 amide bonds. The molecule has 0 aromatic heterocycles. The monoisotopic (exact) mass is 258 g/mol. The molecular weight excluding hydrogens is 236 g/mol. The zero-order valence-electron chi connectivity index (χ0n) is 11.3. The van der Waals surface area contributed by atoms with Gasteiger partial charge in [-0.25, -0.2) is 0 Å². The molecule has 0 saturated carbocycles. The van der Waals surface area contributed by atoms with E-state index in [2.05, 4.69) is 34.9 Å². The Hall–Kier alpha value is -1.35. The predicted octanol–water partition coefficient (Wildman–Crippen LogP) is 1.66. The first-order chi connectivity index (χ1) is 9.33. The van der Waals surface area contributed by atoms with E-state index in [1.165, 1.54) is 11.1 Å². The van der Waals surface area contributed by atoms with Crippen molar-refractivity contribution in [3.63, 3.8) is 0 Å². The van der Waals surface area contributed by atoms with Gasteiger partial charge in [-0.1, -0.05) is 24.3 Å². The number of carbonyl (C=O) groups excluding carboxylic acids is 1. The Morgan fingerprint density at radius 2 is 2.05 bits per heavy atom. The van der Waals surface area contributed by atoms with Crippen molar-refractivity contribution in [1.29, 1.82) is 0 Å². The molecule has 1 aliphatic carbocycles. The van der Waals surface area contributed by atoms with Crippen molar-refractivity contribution in [3.8, 4) is 0 Å². The molecule has 1 saturated heterocycles. The quantitative estimate of drug-likeness (QED) is 0.847. The number of carbonyl (C=O) groups is 1. The van der Waals surface area contributed by atoms with Crippen LogP contribution in [0.4, 0.5) is 0 Å². The van der Waals surface area contributed by atoms with Gasteiger partial charge in [0.15, 0.2) is 0 Å². The second-order valence-corrected chi connectivity index (χ2v) is 5.76. The highest BCUT2D eigenvalue weighted by molar-refractivity contribution is 5.79. The molecule has 3 heteroatoms. The number of rotatable bonds is 2. The molecule has 1 aliphatic heterocycles. The second-order valence-electron chi connectivity index (χ2n) is 5.76. The molecule has 0 bridgehead atoms. The Bertz CT molecular complexity index is 452. The van der Waals surface area contributed by atoms with E-state index in [9.17, 15) is 4.79 Å². The minimum atomic E-state index is 0.172. The third kappa shape index (κ3) is 2.98. The summed E-state index contributed by atoms with van der Waals surface area (Å²) in [4.78, 5) is 12.2. The summed E-state index contributed by atoms with van der Waals surface area (Å²) in [5.74, 6) is 0.419. The van der Waals surface area contributed by atoms with Gasteiger partial charge in [0.1, 0.15) is 0 Å². The smallest absolute Gasteiger partial charge is 0.224 e. The minimum Gasteiger partial charge on any atom is -0.353 e. The summed E-state index contributed by atoms with van der Waals surface area (Å²) in [6.45, 7) is 1.90. The molecule has 2 atom stereocenters. The van der Waals surface area contributed by atoms with Crippen LogP contribution in [0.5, 0.6) is 0 Å². The Morgan fingerprint density at radius 1 is 1.21 bits per heavy atom. The van der Waals surface area contributed by atoms with Crippen molar-refractivity contribution in [3.05, 3.63) is 35.4 Å². The van der Waals surface area contributed by atoms with Crippen LogP contribution in [0, 0.1) is 5.92 Å². The third-order valence-corrected chi connectivity index (χ3v) is 4.36. The summed E-state index contributed by atoms with van der Waals surface area (Å²) < 4.78 is 0. The van der Waals surface area contributed by atoms with Crippen molar-refractivity contribution in [2.75, 3.05) is 13.1 Å². The number of piperidine rings is 1. The summed E-state index contributed by atoms with van der Waals surface area (Å²) in [7, 11) is 0. The third-order valence-electron chi connectivity index (χ3n) is 4.36. The summed E-state index contributed by atoms with van der Waals surface area (Å²) >= 11 is 0. The van der Waals surface area contributed by atoms with Gasteiger partial charge in [-0.2, -0.15) is 0 Å². The lowest BCUT2D eigenvalue weighted by Crippen LogP contribution is -2.46. The maximum atomic E-state index is 12.2. The lowest BCUT2D eigenvalue weighted by molar-refractivity contribution is -0.126. The number of amides is 1. The molecule has 0 radical (unpaired) electrons. The largest absolute Gasteiger partial charge is 0.353 e. The molecule has 2 N–H and O–H groups in total. The van der Waals surface area contributed by atoms with E-state index in [1.54, 1.807) is 0 Å². The van der Waals surface area contributed by atoms with E-state index < -0.39 is 0 Å². The lowest BCUT2D eigenvalue weighted by atomic mass is 9.88. The number of nitrogens with one attached hydrogen (secondary N) is 2. The van der Waals surface area contributed by atoms with E-state index in [4.69, 9.17) is 0 Å². The van der Waals surface area contributed by atoms with Crippen LogP contribution in [0.2, 0.25) is 0 Å². The van der Waals surface area contributed by atoms with Crippen molar-refractivity contribution in [2.24, 2.45) is 5.92 Å². The molecule has 1 heterocycles. The molecule has 1 aromatic rings. The molecule has 3 rings (SSSR count). The topological polar surface area (TPSA) is 41.1 Å². The Morgan fingerprint density at radius 3 is 2.84 bits per heavy atom. The maximum Gasteiger partial charge on any atom is 0.224 e. The van der Waals surface area contributed by atoms with Gasteiger partial charge in [-0.15, -0.1) is 0 Å². The average molecular weight is 258 g/mol. The van der Waals surface area contributed by atoms with Crippen LogP contribution < -0.4 is 10.6 Å². The predicted molar refractivity (Wildman–Crippen MR) is 76.0 cm³/mol. The highest BCUT2D eigenvalue weighted by Gasteiger charge is 2.25. The number of hydrogen-bond donors (Lipinski definition) is 2. The molecular formula is C16H22N2O. The summed E-state index contributed by atoms with van der Waals surface area (Å²) in [6, 6.07) is 8.91. The molecule has 0 spiro atoms. The van der Waals surface area contributed by atoms with E-state index in [-0.39, 0.29) is 11.8 Å². The Labute approximate surface area is 114 Å². The van der Waals surface area contributed by atoms with Crippen LogP contribution in [0.3, 0.4) is 0 Å². The zero-order chi connectivity index (χ0) is 13.1. The maximum absolute atomic E-state index is 12.2. The van der Waals surface area contributed by atoms with Crippen molar-refractivity contribution >= 4 is 5.91 Å². The fourth-order valence-electron chi connectivity index (χ4n) is 3.22. The number of fused-ring (bicyclic) bond motifs is 1. The molecule has 1 fully saturated rings. The van der Waals surface area contributed by atoms with Gasteiger partial charge in [0.25, 0.3) is 0 Å². The average Bonchev–Trinajstić information content (AvgIpc) is 2.48. The molecule has 2 aliphatic rings. The van der Waals surface area contributed by atoms with Crippen LogP contribution in [-0.2, 0) is 17.6 Å². The standard InChI is InChI=1S/C16H22N2O/c19-16(14-6-3-9-17-11-14)18-15-8-7-12-4-1-2-5-13(12)10-15/h1-2,4-5,14-15,17H,3,6-11H2,(H,18,19)/t14-,15?/m1/s1. The van der Waals surface area contributed by atoms with Crippen LogP contribution in [0.15, 0.2) is 24.3 Å². The van der Waals surface area contributed by atoms with Crippen molar-refractivity contribution < 1.29 is 4.79 Å². The van der Waals surface area contributed by atoms with E-state index in [1.807, 2.05) is 0 Å². The second kappa shape index (κ2) is 5.74. The summed E-state index contributed by atoms with van der Waals surface area (Å²) in [5, 5.41) is 6.56. The number of benzene rings is 1. The normalized spacial score (nSPS) is 26.5. The van der Waals surface area contributed by atoms with Gasteiger partial charge in [-0.3, -0.25) is 4.79 Å². The van der Waals surface area contributed by atoms with E-state index >= 15 is 0 Å². The molecule has 1 unspecified atom stereocenters. The SMILES string of the molecule is O=C(NC1CCc2ccccc2C1)[C@@H]1CCCNC1. The van der Waals surface area contributed by atoms with Gasteiger partial charge in [0, 0.05) is 12.6 Å². The van der Waals surface area contributed by atoms with Gasteiger partial charge < -0.3 is 10.6 Å². The van der Waals surface area contributed by atoms with E-state index in [0.717, 1.165) is 45.2 Å². The van der Waals surface area contributed by atoms with Gasteiger partial charge in [0.05, 0.1) is 5.92 Å². The van der Waals surface area contributed by atoms with Gasteiger partial charge in [-0.05, 0) is 49.8 Å². The Kier molecular flexibility index (Phi) is 3.83. The first-order valence-corrected chi connectivity index (χ1v) is 7.41. The number of aryl methyl sites for hydroxylation is 1. The molecule has 3 nitrogen and oxygen atoms in total. The first-order valence-electron chi connectivity index (χ1n) is 7.41. The Balaban J connectivity index is 1.58. The minimum absolute atomic E-state index is 0.172. The van der Waals surface area contributed by atoms with Gasteiger partial charge in [0.2, 0.25) is 5.91 Å². The molecule has 102 valence electrons. The highest BCUT2D eigenvalue weighted by atomic mass is 16.2. The van der Waals surface area contributed by atoms with Crippen molar-refractivity contribution in [1.82, 2.24) is 10.6 Å². The van der Waals surface area contributed by atoms with Crippen molar-refractivity contribution in [2.45, 2.75) is 38.1 Å². The summed E-state index contributed by atoms with van der Waals surface area (Å²) in [5.41, 5.74) is 2.85. The zero-order valence-corrected chi connectivity index (χ0v) is 11.3. The molecule has 19 heavy (non-hydrogen) atoms. The van der Waals surface area contributed by atoms with E-state index in [0.29, 0.717) is 6.04 Å². The fraction of sp³-hybridized carbons (Fsp3) is 0.562. The van der Waals surface area contributed by atoms with Gasteiger partial charge >= 0.3 is 0 Å². The van der Waals surface area contributed by atoms with Crippen LogP contribution >= 0.6 is 0 Å². The highest BCUT2D eigenvalue weighted by Crippen LogP contribution is 2.21.